The van der Waals surface area contributed by atoms with Gasteiger partial charge >= 0.3 is 0 Å². The van der Waals surface area contributed by atoms with Gasteiger partial charge in [0.2, 0.25) is 0 Å². The highest BCUT2D eigenvalue weighted by atomic mass is 19.1. The molecular formula is C28H30F3N5O3. The Kier molecular flexibility index (Phi) is 7.83. The second-order valence-corrected chi connectivity index (χ2v) is 10.2. The zero-order valence-electron chi connectivity index (χ0n) is 21.4. The molecule has 39 heavy (non-hydrogen) atoms. The number of nitrogens with one attached hydrogen (secondary N) is 1. The Morgan fingerprint density at radius 1 is 1.10 bits per heavy atom. The normalized spacial score (nSPS) is 22.1. The number of piperidine rings is 1. The van der Waals surface area contributed by atoms with E-state index in [0.29, 0.717) is 56.1 Å². The van der Waals surface area contributed by atoms with Crippen LogP contribution in [0.15, 0.2) is 42.7 Å². The third kappa shape index (κ3) is 5.61. The van der Waals surface area contributed by atoms with Crippen molar-refractivity contribution in [3.8, 4) is 11.3 Å². The molecule has 4 N–H and O–H groups in total. The summed E-state index contributed by atoms with van der Waals surface area (Å²) in [6, 6.07) is 5.73. The molecule has 3 aromatic rings. The summed E-state index contributed by atoms with van der Waals surface area (Å²) in [6.07, 6.45) is 3.65. The van der Waals surface area contributed by atoms with Crippen molar-refractivity contribution < 1.29 is 27.8 Å². The Balaban J connectivity index is 1.41. The van der Waals surface area contributed by atoms with Gasteiger partial charge in [0.15, 0.2) is 0 Å². The Bertz CT molecular complexity index is 1330. The standard InChI is InChI=1S/C28H30F3N5O3/c1-15-13-36(14-21(32)27(15)37)24-4-7-33-12-23(24)35-28(38)22-3-2-18(29)26(34-22)25-19(30)10-17(11-20(25)31)16-5-8-39-9-6-16/h2-4,7,10-12,15-16,21,27,37H,5-6,8-9,13-14,32H2,1H3,(H,35,38)/t15-,21+,27+/m0/s1. The van der Waals surface area contributed by atoms with Crippen LogP contribution in [0.1, 0.15) is 41.7 Å². The molecule has 2 aromatic heterocycles. The SMILES string of the molecule is C[C@H]1CN(c2ccncc2NC(=O)c2ccc(F)c(-c3c(F)cc(C4CCOCC4)cc3F)n2)C[C@@H](N)[C@@H]1O. The van der Waals surface area contributed by atoms with Crippen LogP contribution in [0.25, 0.3) is 11.3 Å². The number of pyridine rings is 2. The van der Waals surface area contributed by atoms with E-state index in [1.54, 1.807) is 12.3 Å². The topological polar surface area (TPSA) is 114 Å². The fourth-order valence-corrected chi connectivity index (χ4v) is 5.29. The van der Waals surface area contributed by atoms with Crippen molar-refractivity contribution in [1.29, 1.82) is 0 Å². The zero-order valence-corrected chi connectivity index (χ0v) is 21.4. The first-order valence-corrected chi connectivity index (χ1v) is 12.9. The van der Waals surface area contributed by atoms with Gasteiger partial charge in [-0.1, -0.05) is 6.92 Å². The highest BCUT2D eigenvalue weighted by molar-refractivity contribution is 6.04. The number of carbonyl (C=O) groups is 1. The number of aromatic nitrogens is 2. The molecule has 1 aromatic carbocycles. The molecule has 2 aliphatic rings. The number of aliphatic hydroxyl groups is 1. The molecule has 4 heterocycles. The minimum Gasteiger partial charge on any atom is -0.391 e. The van der Waals surface area contributed by atoms with Gasteiger partial charge in [0.1, 0.15) is 28.8 Å². The van der Waals surface area contributed by atoms with E-state index in [1.807, 2.05) is 11.8 Å². The summed E-state index contributed by atoms with van der Waals surface area (Å²) in [4.78, 5) is 23.2. The number of benzene rings is 1. The van der Waals surface area contributed by atoms with Crippen LogP contribution in [0.4, 0.5) is 24.5 Å². The molecule has 0 radical (unpaired) electrons. The van der Waals surface area contributed by atoms with Crippen molar-refractivity contribution >= 4 is 17.3 Å². The summed E-state index contributed by atoms with van der Waals surface area (Å²) in [5.74, 6) is -3.73. The van der Waals surface area contributed by atoms with E-state index in [1.165, 1.54) is 18.3 Å². The van der Waals surface area contributed by atoms with E-state index in [9.17, 15) is 14.3 Å². The predicted octanol–water partition coefficient (Wildman–Crippen LogP) is 3.85. The van der Waals surface area contributed by atoms with E-state index in [2.05, 4.69) is 15.3 Å². The first-order valence-electron chi connectivity index (χ1n) is 12.9. The lowest BCUT2D eigenvalue weighted by Gasteiger charge is -2.40. The summed E-state index contributed by atoms with van der Waals surface area (Å²) < 4.78 is 50.4. The highest BCUT2D eigenvalue weighted by Crippen LogP contribution is 2.34. The first kappa shape index (κ1) is 27.0. The summed E-state index contributed by atoms with van der Waals surface area (Å²) in [5, 5.41) is 12.9. The molecule has 2 saturated heterocycles. The van der Waals surface area contributed by atoms with Gasteiger partial charge in [-0.15, -0.1) is 0 Å². The number of hydrogen-bond acceptors (Lipinski definition) is 7. The van der Waals surface area contributed by atoms with E-state index >= 15 is 8.78 Å². The van der Waals surface area contributed by atoms with Crippen molar-refractivity contribution in [3.05, 3.63) is 71.4 Å². The number of rotatable bonds is 5. The molecule has 0 aliphatic carbocycles. The van der Waals surface area contributed by atoms with Crippen molar-refractivity contribution in [2.75, 3.05) is 36.5 Å². The van der Waals surface area contributed by atoms with Crippen LogP contribution < -0.4 is 16.0 Å². The van der Waals surface area contributed by atoms with Crippen LogP contribution in [-0.4, -0.2) is 59.4 Å². The number of nitrogens with zero attached hydrogens (tertiary/aromatic N) is 3. The molecule has 11 heteroatoms. The Hall–Kier alpha value is -3.54. The Morgan fingerprint density at radius 3 is 2.51 bits per heavy atom. The van der Waals surface area contributed by atoms with Crippen molar-refractivity contribution in [3.63, 3.8) is 0 Å². The van der Waals surface area contributed by atoms with Crippen LogP contribution in [0.3, 0.4) is 0 Å². The van der Waals surface area contributed by atoms with Crippen LogP contribution in [-0.2, 0) is 4.74 Å². The molecule has 0 spiro atoms. The van der Waals surface area contributed by atoms with Crippen LogP contribution in [0.5, 0.6) is 0 Å². The Labute approximate surface area is 224 Å². The smallest absolute Gasteiger partial charge is 0.274 e. The van der Waals surface area contributed by atoms with Crippen molar-refractivity contribution in [2.24, 2.45) is 11.7 Å². The number of amides is 1. The van der Waals surface area contributed by atoms with Gasteiger partial charge in [-0.3, -0.25) is 9.78 Å². The van der Waals surface area contributed by atoms with E-state index in [-0.39, 0.29) is 17.5 Å². The maximum atomic E-state index is 15.1. The lowest BCUT2D eigenvalue weighted by molar-refractivity contribution is 0.0785. The minimum absolute atomic E-state index is 0.0545. The fraction of sp³-hybridized carbons (Fsp3) is 0.393. The van der Waals surface area contributed by atoms with Crippen LogP contribution in [0.2, 0.25) is 0 Å². The number of nitrogens with two attached hydrogens (primary N) is 1. The minimum atomic E-state index is -0.958. The number of hydrogen-bond donors (Lipinski definition) is 3. The quantitative estimate of drug-likeness (QED) is 0.450. The molecule has 206 valence electrons. The zero-order chi connectivity index (χ0) is 27.7. The molecule has 3 atom stereocenters. The maximum Gasteiger partial charge on any atom is 0.274 e. The molecule has 2 fully saturated rings. The van der Waals surface area contributed by atoms with Gasteiger partial charge in [-0.05, 0) is 54.7 Å². The summed E-state index contributed by atoms with van der Waals surface area (Å²) >= 11 is 0. The highest BCUT2D eigenvalue weighted by Gasteiger charge is 2.32. The fourth-order valence-electron chi connectivity index (χ4n) is 5.29. The van der Waals surface area contributed by atoms with Gasteiger partial charge in [-0.25, -0.2) is 18.2 Å². The maximum absolute atomic E-state index is 15.1. The summed E-state index contributed by atoms with van der Waals surface area (Å²) in [7, 11) is 0. The number of carbonyl (C=O) groups excluding carboxylic acids is 1. The number of aliphatic hydroxyl groups excluding tert-OH is 1. The number of ether oxygens (including phenoxy) is 1. The van der Waals surface area contributed by atoms with Crippen LogP contribution in [0, 0.1) is 23.4 Å². The lowest BCUT2D eigenvalue weighted by Crippen LogP contribution is -2.55. The molecule has 2 aliphatic heterocycles. The summed E-state index contributed by atoms with van der Waals surface area (Å²) in [6.45, 7) is 3.76. The van der Waals surface area contributed by atoms with Gasteiger partial charge in [-0.2, -0.15) is 0 Å². The van der Waals surface area contributed by atoms with Gasteiger partial charge in [0.25, 0.3) is 5.91 Å². The number of halogens is 3. The third-order valence-corrected chi connectivity index (χ3v) is 7.42. The monoisotopic (exact) mass is 541 g/mol. The summed E-state index contributed by atoms with van der Waals surface area (Å²) in [5.41, 5.74) is 6.11. The molecule has 5 rings (SSSR count). The second-order valence-electron chi connectivity index (χ2n) is 10.2. The third-order valence-electron chi connectivity index (χ3n) is 7.42. The molecule has 1 amide bonds. The molecule has 0 unspecified atom stereocenters. The molecule has 0 saturated carbocycles. The predicted molar refractivity (Wildman–Crippen MR) is 140 cm³/mol. The Morgan fingerprint density at radius 2 is 1.82 bits per heavy atom. The average molecular weight is 542 g/mol. The lowest BCUT2D eigenvalue weighted by atomic mass is 9.90. The van der Waals surface area contributed by atoms with Crippen molar-refractivity contribution in [2.45, 2.75) is 37.8 Å². The molecule has 0 bridgehead atoms. The van der Waals surface area contributed by atoms with Gasteiger partial charge in [0, 0.05) is 44.5 Å². The number of anilines is 2. The largest absolute Gasteiger partial charge is 0.391 e. The van der Waals surface area contributed by atoms with E-state index < -0.39 is 46.8 Å². The molecule has 8 nitrogen and oxygen atoms in total. The van der Waals surface area contributed by atoms with E-state index in [4.69, 9.17) is 10.5 Å². The van der Waals surface area contributed by atoms with Crippen LogP contribution >= 0.6 is 0 Å². The molecular weight excluding hydrogens is 511 g/mol. The van der Waals surface area contributed by atoms with Gasteiger partial charge < -0.3 is 25.8 Å². The van der Waals surface area contributed by atoms with E-state index in [0.717, 1.165) is 12.1 Å². The first-order chi connectivity index (χ1) is 18.7. The van der Waals surface area contributed by atoms with Crippen molar-refractivity contribution in [1.82, 2.24) is 9.97 Å². The average Bonchev–Trinajstić information content (AvgIpc) is 2.92. The second kappa shape index (κ2) is 11.3. The van der Waals surface area contributed by atoms with Gasteiger partial charge in [0.05, 0.1) is 29.2 Å².